The van der Waals surface area contributed by atoms with Gasteiger partial charge in [-0.25, -0.2) is 0 Å². The van der Waals surface area contributed by atoms with Gasteiger partial charge in [0.2, 0.25) is 5.91 Å². The lowest BCUT2D eigenvalue weighted by Gasteiger charge is -2.34. The van der Waals surface area contributed by atoms with Crippen LogP contribution in [0.4, 0.5) is 0 Å². The Bertz CT molecular complexity index is 883. The zero-order valence-corrected chi connectivity index (χ0v) is 18.3. The number of piperidine rings is 1. The highest BCUT2D eigenvalue weighted by molar-refractivity contribution is 5.94. The summed E-state index contributed by atoms with van der Waals surface area (Å²) < 4.78 is 4.96. The summed E-state index contributed by atoms with van der Waals surface area (Å²) in [5, 5.41) is 2.84. The molecule has 164 valence electrons. The fourth-order valence-corrected chi connectivity index (χ4v) is 4.65. The van der Waals surface area contributed by atoms with Crippen molar-refractivity contribution in [3.05, 3.63) is 71.3 Å². The minimum absolute atomic E-state index is 0.0668. The van der Waals surface area contributed by atoms with Crippen molar-refractivity contribution >= 4 is 11.8 Å². The lowest BCUT2D eigenvalue weighted by Crippen LogP contribution is -2.44. The maximum absolute atomic E-state index is 13.2. The van der Waals surface area contributed by atoms with Crippen molar-refractivity contribution in [3.63, 3.8) is 0 Å². The van der Waals surface area contributed by atoms with Gasteiger partial charge in [-0.3, -0.25) is 9.59 Å². The molecule has 0 atom stereocenters. The van der Waals surface area contributed by atoms with E-state index in [9.17, 15) is 9.59 Å². The van der Waals surface area contributed by atoms with Crippen LogP contribution in [0.25, 0.3) is 0 Å². The quantitative estimate of drug-likeness (QED) is 0.664. The third-order valence-corrected chi connectivity index (χ3v) is 6.72. The van der Waals surface area contributed by atoms with Gasteiger partial charge in [0.1, 0.15) is 0 Å². The number of ether oxygens (including phenoxy) is 1. The number of hydrogen-bond acceptors (Lipinski definition) is 3. The number of carbonyl (C=O) groups is 2. The van der Waals surface area contributed by atoms with E-state index in [1.807, 2.05) is 30.3 Å². The van der Waals surface area contributed by atoms with E-state index < -0.39 is 0 Å². The van der Waals surface area contributed by atoms with E-state index in [-0.39, 0.29) is 11.3 Å². The molecule has 1 saturated heterocycles. The topological polar surface area (TPSA) is 58.6 Å². The predicted molar refractivity (Wildman–Crippen MR) is 121 cm³/mol. The van der Waals surface area contributed by atoms with Gasteiger partial charge in [0.05, 0.1) is 12.0 Å². The maximum atomic E-state index is 13.2. The summed E-state index contributed by atoms with van der Waals surface area (Å²) in [7, 11) is 1.62. The summed E-state index contributed by atoms with van der Waals surface area (Å²) in [6.07, 6.45) is 5.02. The molecular formula is C26H32N2O3. The van der Waals surface area contributed by atoms with E-state index in [1.165, 1.54) is 11.1 Å². The average molecular weight is 421 g/mol. The molecule has 1 saturated carbocycles. The second-order valence-electron chi connectivity index (χ2n) is 8.83. The van der Waals surface area contributed by atoms with Crippen LogP contribution < -0.4 is 5.32 Å². The molecule has 2 aliphatic rings. The molecule has 1 aliphatic heterocycles. The number of rotatable bonds is 8. The molecule has 1 N–H and O–H groups in total. The average Bonchev–Trinajstić information content (AvgIpc) is 3.62. The van der Waals surface area contributed by atoms with Crippen LogP contribution >= 0.6 is 0 Å². The normalized spacial score (nSPS) is 17.9. The third-order valence-electron chi connectivity index (χ3n) is 6.72. The van der Waals surface area contributed by atoms with E-state index in [0.29, 0.717) is 30.5 Å². The first-order valence-electron chi connectivity index (χ1n) is 11.3. The van der Waals surface area contributed by atoms with Gasteiger partial charge in [0, 0.05) is 32.3 Å². The van der Waals surface area contributed by atoms with Crippen LogP contribution in [0, 0.1) is 5.92 Å². The number of methoxy groups -OCH3 is 1. The molecule has 5 heteroatoms. The van der Waals surface area contributed by atoms with Crippen molar-refractivity contribution in [1.29, 1.82) is 0 Å². The highest BCUT2D eigenvalue weighted by Crippen LogP contribution is 2.49. The van der Waals surface area contributed by atoms with E-state index in [0.717, 1.165) is 45.2 Å². The van der Waals surface area contributed by atoms with Crippen molar-refractivity contribution in [1.82, 2.24) is 10.2 Å². The smallest absolute Gasteiger partial charge is 0.251 e. The van der Waals surface area contributed by atoms with Crippen molar-refractivity contribution in [2.24, 2.45) is 5.92 Å². The summed E-state index contributed by atoms with van der Waals surface area (Å²) in [6.45, 7) is 2.72. The third kappa shape index (κ3) is 4.99. The first-order chi connectivity index (χ1) is 15.1. The largest absolute Gasteiger partial charge is 0.383 e. The minimum atomic E-state index is -0.256. The standard InChI is InChI=1S/C26H32N2O3/c1-31-18-15-27-24(29)22-9-7-20(8-10-22)19-21-11-16-28(17-12-21)25(30)26(13-14-26)23-5-3-2-4-6-23/h2-10,21H,11-19H2,1H3,(H,27,29). The van der Waals surface area contributed by atoms with E-state index >= 15 is 0 Å². The Labute approximate surface area is 184 Å². The van der Waals surface area contributed by atoms with Crippen LogP contribution in [0.2, 0.25) is 0 Å². The summed E-state index contributed by atoms with van der Waals surface area (Å²) in [5.74, 6) is 0.834. The number of hydrogen-bond donors (Lipinski definition) is 1. The first-order valence-corrected chi connectivity index (χ1v) is 11.3. The number of benzene rings is 2. The number of amides is 2. The second kappa shape index (κ2) is 9.65. The highest BCUT2D eigenvalue weighted by atomic mass is 16.5. The van der Waals surface area contributed by atoms with Gasteiger partial charge in [-0.05, 0) is 61.3 Å². The lowest BCUT2D eigenvalue weighted by molar-refractivity contribution is -0.135. The number of carbonyl (C=O) groups excluding carboxylic acids is 2. The summed E-state index contributed by atoms with van der Waals surface area (Å²) >= 11 is 0. The number of likely N-dealkylation sites (tertiary alicyclic amines) is 1. The van der Waals surface area contributed by atoms with Gasteiger partial charge in [-0.1, -0.05) is 42.5 Å². The lowest BCUT2D eigenvalue weighted by atomic mass is 9.88. The minimum Gasteiger partial charge on any atom is -0.383 e. The predicted octanol–water partition coefficient (Wildman–Crippen LogP) is 3.58. The molecule has 0 radical (unpaired) electrons. The Morgan fingerprint density at radius 3 is 2.32 bits per heavy atom. The Hall–Kier alpha value is -2.66. The number of nitrogens with one attached hydrogen (secondary N) is 1. The second-order valence-corrected chi connectivity index (χ2v) is 8.83. The van der Waals surface area contributed by atoms with Gasteiger partial charge in [0.25, 0.3) is 5.91 Å². The first kappa shape index (κ1) is 21.6. The highest BCUT2D eigenvalue weighted by Gasteiger charge is 2.53. The SMILES string of the molecule is COCCNC(=O)c1ccc(CC2CCN(C(=O)C3(c4ccccc4)CC3)CC2)cc1. The van der Waals surface area contributed by atoms with Crippen molar-refractivity contribution in [3.8, 4) is 0 Å². The fourth-order valence-electron chi connectivity index (χ4n) is 4.65. The van der Waals surface area contributed by atoms with Crippen molar-refractivity contribution in [2.75, 3.05) is 33.4 Å². The monoisotopic (exact) mass is 420 g/mol. The van der Waals surface area contributed by atoms with Crippen LogP contribution in [-0.2, 0) is 21.4 Å². The van der Waals surface area contributed by atoms with Crippen molar-refractivity contribution < 1.29 is 14.3 Å². The molecule has 2 aromatic carbocycles. The molecule has 2 amide bonds. The van der Waals surface area contributed by atoms with Gasteiger partial charge < -0.3 is 15.0 Å². The maximum Gasteiger partial charge on any atom is 0.251 e. The van der Waals surface area contributed by atoms with Crippen LogP contribution in [0.5, 0.6) is 0 Å². The molecule has 0 bridgehead atoms. The van der Waals surface area contributed by atoms with Crippen LogP contribution in [0.1, 0.15) is 47.2 Å². The van der Waals surface area contributed by atoms with Gasteiger partial charge >= 0.3 is 0 Å². The molecule has 31 heavy (non-hydrogen) atoms. The Kier molecular flexibility index (Phi) is 6.71. The van der Waals surface area contributed by atoms with E-state index in [1.54, 1.807) is 7.11 Å². The zero-order chi connectivity index (χ0) is 21.7. The molecule has 1 aliphatic carbocycles. The summed E-state index contributed by atoms with van der Waals surface area (Å²) in [6, 6.07) is 18.2. The molecule has 0 aromatic heterocycles. The Balaban J connectivity index is 1.27. The molecule has 0 spiro atoms. The molecule has 0 unspecified atom stereocenters. The molecule has 2 aromatic rings. The van der Waals surface area contributed by atoms with Gasteiger partial charge in [-0.2, -0.15) is 0 Å². The molecule has 5 nitrogen and oxygen atoms in total. The molecule has 1 heterocycles. The Morgan fingerprint density at radius 2 is 1.71 bits per heavy atom. The van der Waals surface area contributed by atoms with Gasteiger partial charge in [-0.15, -0.1) is 0 Å². The van der Waals surface area contributed by atoms with Crippen LogP contribution in [-0.4, -0.2) is 50.1 Å². The fraction of sp³-hybridized carbons (Fsp3) is 0.462. The zero-order valence-electron chi connectivity index (χ0n) is 18.3. The molecule has 4 rings (SSSR count). The Morgan fingerprint density at radius 1 is 1.03 bits per heavy atom. The van der Waals surface area contributed by atoms with E-state index in [4.69, 9.17) is 4.74 Å². The number of nitrogens with zero attached hydrogens (tertiary/aromatic N) is 1. The van der Waals surface area contributed by atoms with E-state index in [2.05, 4.69) is 34.5 Å². The molecular weight excluding hydrogens is 388 g/mol. The molecule has 2 fully saturated rings. The van der Waals surface area contributed by atoms with Crippen LogP contribution in [0.15, 0.2) is 54.6 Å². The van der Waals surface area contributed by atoms with Crippen molar-refractivity contribution in [2.45, 2.75) is 37.5 Å². The summed E-state index contributed by atoms with van der Waals surface area (Å²) in [4.78, 5) is 27.4. The van der Waals surface area contributed by atoms with Gasteiger partial charge in [0.15, 0.2) is 0 Å². The summed E-state index contributed by atoms with van der Waals surface area (Å²) in [5.41, 5.74) is 2.85. The van der Waals surface area contributed by atoms with Crippen LogP contribution in [0.3, 0.4) is 0 Å².